The zero-order valence-corrected chi connectivity index (χ0v) is 15.4. The molecule has 7 heteroatoms. The lowest BCUT2D eigenvalue weighted by Gasteiger charge is -2.16. The minimum atomic E-state index is -0.232. The van der Waals surface area contributed by atoms with Crippen LogP contribution in [0.4, 0.5) is 4.79 Å². The molecule has 0 aliphatic heterocycles. The van der Waals surface area contributed by atoms with Gasteiger partial charge in [-0.05, 0) is 32.9 Å². The molecular weight excluding hydrogens is 320 g/mol. The van der Waals surface area contributed by atoms with Crippen molar-refractivity contribution in [2.24, 2.45) is 7.05 Å². The molecule has 7 nitrogen and oxygen atoms in total. The molecule has 0 saturated carbocycles. The highest BCUT2D eigenvalue weighted by Gasteiger charge is 2.17. The van der Waals surface area contributed by atoms with E-state index in [0.29, 0.717) is 18.9 Å². The largest absolute Gasteiger partial charge is 0.497 e. The Morgan fingerprint density at radius 3 is 2.68 bits per heavy atom. The van der Waals surface area contributed by atoms with Gasteiger partial charge in [0.05, 0.1) is 25.4 Å². The summed E-state index contributed by atoms with van der Waals surface area (Å²) in [4.78, 5) is 12.0. The van der Waals surface area contributed by atoms with Crippen molar-refractivity contribution >= 4 is 6.03 Å². The number of aryl methyl sites for hydroxylation is 2. The van der Waals surface area contributed by atoms with Gasteiger partial charge in [0.25, 0.3) is 0 Å². The maximum atomic E-state index is 12.0. The molecule has 2 rings (SSSR count). The summed E-state index contributed by atoms with van der Waals surface area (Å²) in [6.07, 6.45) is 0. The van der Waals surface area contributed by atoms with Gasteiger partial charge in [0.15, 0.2) is 0 Å². The summed E-state index contributed by atoms with van der Waals surface area (Å²) in [5.74, 6) is 1.44. The molecule has 2 amide bonds. The number of ether oxygens (including phenoxy) is 2. The second-order valence-corrected chi connectivity index (χ2v) is 5.86. The van der Waals surface area contributed by atoms with E-state index >= 15 is 0 Å². The predicted octanol–water partition coefficient (Wildman–Crippen LogP) is 2.48. The molecule has 1 aromatic carbocycles. The zero-order valence-electron chi connectivity index (χ0n) is 15.4. The van der Waals surface area contributed by atoms with Crippen molar-refractivity contribution in [2.45, 2.75) is 26.8 Å². The predicted molar refractivity (Wildman–Crippen MR) is 96.1 cm³/mol. The molecule has 0 saturated heterocycles. The summed E-state index contributed by atoms with van der Waals surface area (Å²) in [6, 6.07) is 7.00. The van der Waals surface area contributed by atoms with E-state index in [1.165, 1.54) is 0 Å². The molecule has 0 unspecified atom stereocenters. The van der Waals surface area contributed by atoms with Gasteiger partial charge >= 0.3 is 6.03 Å². The van der Waals surface area contributed by atoms with Crippen LogP contribution in [0.2, 0.25) is 0 Å². The van der Waals surface area contributed by atoms with Gasteiger partial charge in [-0.25, -0.2) is 4.79 Å². The SMILES string of the molecule is COc1cccc(OCCNC(=O)N[C@H](C)c2c(C)nn(C)c2C)c1. The molecule has 1 aromatic heterocycles. The van der Waals surface area contributed by atoms with E-state index in [9.17, 15) is 4.79 Å². The number of carbonyl (C=O) groups is 1. The van der Waals surface area contributed by atoms with E-state index in [1.54, 1.807) is 13.2 Å². The maximum absolute atomic E-state index is 12.0. The maximum Gasteiger partial charge on any atom is 0.315 e. The fraction of sp³-hybridized carbons (Fsp3) is 0.444. The van der Waals surface area contributed by atoms with Crippen molar-refractivity contribution in [3.05, 3.63) is 41.2 Å². The summed E-state index contributed by atoms with van der Waals surface area (Å²) in [5.41, 5.74) is 3.02. The number of carbonyl (C=O) groups excluding carboxylic acids is 1. The number of benzene rings is 1. The average molecular weight is 346 g/mol. The van der Waals surface area contributed by atoms with Gasteiger partial charge in [-0.1, -0.05) is 6.07 Å². The van der Waals surface area contributed by atoms with Crippen LogP contribution in [0.25, 0.3) is 0 Å². The first-order chi connectivity index (χ1) is 11.9. The smallest absolute Gasteiger partial charge is 0.315 e. The standard InChI is InChI=1S/C18H26N4O3/c1-12(17-13(2)21-22(4)14(17)3)20-18(23)19-9-10-25-16-8-6-7-15(11-16)24-5/h6-8,11-12H,9-10H2,1-5H3,(H2,19,20,23)/t12-/m1/s1. The van der Waals surface area contributed by atoms with Crippen LogP contribution in [0.5, 0.6) is 11.5 Å². The van der Waals surface area contributed by atoms with Crippen molar-refractivity contribution in [1.82, 2.24) is 20.4 Å². The Labute approximate surface area is 148 Å². The average Bonchev–Trinajstić information content (AvgIpc) is 2.84. The quantitative estimate of drug-likeness (QED) is 0.755. The van der Waals surface area contributed by atoms with Crippen LogP contribution in [0.3, 0.4) is 0 Å². The summed E-state index contributed by atoms with van der Waals surface area (Å²) in [6.45, 7) is 6.66. The summed E-state index contributed by atoms with van der Waals surface area (Å²) in [7, 11) is 3.51. The highest BCUT2D eigenvalue weighted by atomic mass is 16.5. The van der Waals surface area contributed by atoms with Gasteiger partial charge in [-0.15, -0.1) is 0 Å². The fourth-order valence-corrected chi connectivity index (χ4v) is 2.76. The first-order valence-corrected chi connectivity index (χ1v) is 8.23. The normalized spacial score (nSPS) is 11.7. The molecule has 0 fully saturated rings. The molecule has 1 atom stereocenters. The van der Waals surface area contributed by atoms with E-state index in [-0.39, 0.29) is 12.1 Å². The van der Waals surface area contributed by atoms with E-state index in [1.807, 2.05) is 50.7 Å². The first kappa shape index (κ1) is 18.6. The Kier molecular flexibility index (Phi) is 6.27. The van der Waals surface area contributed by atoms with Crippen molar-refractivity contribution in [1.29, 1.82) is 0 Å². The first-order valence-electron chi connectivity index (χ1n) is 8.23. The molecule has 0 radical (unpaired) electrons. The van der Waals surface area contributed by atoms with E-state index < -0.39 is 0 Å². The highest BCUT2D eigenvalue weighted by molar-refractivity contribution is 5.74. The molecule has 136 valence electrons. The Bertz CT molecular complexity index is 727. The lowest BCUT2D eigenvalue weighted by atomic mass is 10.1. The Morgan fingerprint density at radius 2 is 2.04 bits per heavy atom. The number of hydrogen-bond acceptors (Lipinski definition) is 4. The topological polar surface area (TPSA) is 77.4 Å². The Balaban J connectivity index is 1.77. The Morgan fingerprint density at radius 1 is 1.32 bits per heavy atom. The van der Waals surface area contributed by atoms with Crippen LogP contribution in [0, 0.1) is 13.8 Å². The number of nitrogens with one attached hydrogen (secondary N) is 2. The van der Waals surface area contributed by atoms with Crippen LogP contribution in [-0.2, 0) is 7.05 Å². The van der Waals surface area contributed by atoms with Crippen LogP contribution in [-0.4, -0.2) is 36.1 Å². The van der Waals surface area contributed by atoms with Crippen molar-refractivity contribution < 1.29 is 14.3 Å². The van der Waals surface area contributed by atoms with E-state index in [0.717, 1.165) is 22.7 Å². The lowest BCUT2D eigenvalue weighted by Crippen LogP contribution is -2.39. The van der Waals surface area contributed by atoms with Crippen molar-refractivity contribution in [3.63, 3.8) is 0 Å². The third kappa shape index (κ3) is 4.89. The monoisotopic (exact) mass is 346 g/mol. The summed E-state index contributed by atoms with van der Waals surface area (Å²) < 4.78 is 12.6. The van der Waals surface area contributed by atoms with E-state index in [4.69, 9.17) is 9.47 Å². The highest BCUT2D eigenvalue weighted by Crippen LogP contribution is 2.20. The number of nitrogens with zero attached hydrogens (tertiary/aromatic N) is 2. The third-order valence-electron chi connectivity index (χ3n) is 4.04. The summed E-state index contributed by atoms with van der Waals surface area (Å²) in [5, 5.41) is 10.1. The Hall–Kier alpha value is -2.70. The molecule has 2 N–H and O–H groups in total. The molecular formula is C18H26N4O3. The van der Waals surface area contributed by atoms with Gasteiger partial charge in [0.2, 0.25) is 0 Å². The fourth-order valence-electron chi connectivity index (χ4n) is 2.76. The molecule has 25 heavy (non-hydrogen) atoms. The van der Waals surface area contributed by atoms with Gasteiger partial charge < -0.3 is 20.1 Å². The van der Waals surface area contributed by atoms with Crippen LogP contribution >= 0.6 is 0 Å². The van der Waals surface area contributed by atoms with Crippen molar-refractivity contribution in [3.8, 4) is 11.5 Å². The lowest BCUT2D eigenvalue weighted by molar-refractivity contribution is 0.233. The van der Waals surface area contributed by atoms with Gasteiger partial charge in [-0.3, -0.25) is 4.68 Å². The van der Waals surface area contributed by atoms with Crippen molar-refractivity contribution in [2.75, 3.05) is 20.3 Å². The molecule has 1 heterocycles. The number of aromatic nitrogens is 2. The number of rotatable bonds is 7. The minimum Gasteiger partial charge on any atom is -0.497 e. The number of urea groups is 1. The van der Waals surface area contributed by atoms with Crippen LogP contribution in [0.15, 0.2) is 24.3 Å². The van der Waals surface area contributed by atoms with Gasteiger partial charge in [0, 0.05) is 24.4 Å². The molecule has 2 aromatic rings. The van der Waals surface area contributed by atoms with Crippen LogP contribution < -0.4 is 20.1 Å². The number of methoxy groups -OCH3 is 1. The van der Waals surface area contributed by atoms with Crippen LogP contribution in [0.1, 0.15) is 29.9 Å². The molecule has 0 bridgehead atoms. The summed E-state index contributed by atoms with van der Waals surface area (Å²) >= 11 is 0. The van der Waals surface area contributed by atoms with Gasteiger partial charge in [-0.2, -0.15) is 5.10 Å². The molecule has 0 aliphatic rings. The number of hydrogen-bond donors (Lipinski definition) is 2. The second kappa shape index (κ2) is 8.41. The zero-order chi connectivity index (χ0) is 18.4. The number of amides is 2. The van der Waals surface area contributed by atoms with Gasteiger partial charge in [0.1, 0.15) is 18.1 Å². The van der Waals surface area contributed by atoms with E-state index in [2.05, 4.69) is 15.7 Å². The molecule has 0 spiro atoms. The minimum absolute atomic E-state index is 0.118. The molecule has 0 aliphatic carbocycles. The second-order valence-electron chi connectivity index (χ2n) is 5.86. The third-order valence-corrected chi connectivity index (χ3v) is 4.04.